The van der Waals surface area contributed by atoms with Crippen LogP contribution in [0.3, 0.4) is 0 Å². The third-order valence-electron chi connectivity index (χ3n) is 3.47. The second kappa shape index (κ2) is 5.34. The number of benzene rings is 1. The Bertz CT molecular complexity index is 422. The summed E-state index contributed by atoms with van der Waals surface area (Å²) in [5.74, 6) is 0.561. The molecule has 1 rings (SSSR count). The van der Waals surface area contributed by atoms with E-state index in [2.05, 4.69) is 66.8 Å². The zero-order chi connectivity index (χ0) is 14.1. The Morgan fingerprint density at radius 2 is 1.61 bits per heavy atom. The van der Waals surface area contributed by atoms with Crippen LogP contribution >= 0.6 is 0 Å². The topological polar surface area (TPSA) is 12.0 Å². The summed E-state index contributed by atoms with van der Waals surface area (Å²) in [5.41, 5.74) is 7.34. The van der Waals surface area contributed by atoms with Gasteiger partial charge in [-0.1, -0.05) is 40.7 Å². The summed E-state index contributed by atoms with van der Waals surface area (Å²) < 4.78 is 0. The number of aryl methyl sites for hydroxylation is 2. The van der Waals surface area contributed by atoms with Crippen molar-refractivity contribution < 1.29 is 0 Å². The summed E-state index contributed by atoms with van der Waals surface area (Å²) in [4.78, 5) is 0. The smallest absolute Gasteiger partial charge is 0.0408 e. The first-order chi connectivity index (χ1) is 8.13. The molecule has 1 heteroatoms. The number of anilines is 1. The van der Waals surface area contributed by atoms with E-state index in [1.54, 1.807) is 0 Å². The molecule has 0 aliphatic carbocycles. The Hall–Kier alpha value is -0.980. The highest BCUT2D eigenvalue weighted by atomic mass is 14.9. The van der Waals surface area contributed by atoms with E-state index in [1.807, 2.05) is 0 Å². The van der Waals surface area contributed by atoms with Crippen molar-refractivity contribution in [2.45, 2.75) is 61.3 Å². The van der Waals surface area contributed by atoms with Crippen molar-refractivity contribution in [2.24, 2.45) is 5.41 Å². The lowest BCUT2D eigenvalue weighted by atomic mass is 9.89. The van der Waals surface area contributed by atoms with Gasteiger partial charge >= 0.3 is 0 Å². The van der Waals surface area contributed by atoms with Crippen LogP contribution in [-0.2, 0) is 0 Å². The summed E-state index contributed by atoms with van der Waals surface area (Å²) in [6.45, 7) is 19.0. The predicted octanol–water partition coefficient (Wildman–Crippen LogP) is 5.19. The second-order valence-electron chi connectivity index (χ2n) is 6.99. The van der Waals surface area contributed by atoms with E-state index in [-0.39, 0.29) is 0 Å². The fourth-order valence-electron chi connectivity index (χ4n) is 2.43. The monoisotopic (exact) mass is 247 g/mol. The van der Waals surface area contributed by atoms with Gasteiger partial charge in [0.15, 0.2) is 0 Å². The fraction of sp³-hybridized carbons (Fsp3) is 0.647. The molecule has 0 saturated heterocycles. The average molecular weight is 247 g/mol. The lowest BCUT2D eigenvalue weighted by molar-refractivity contribution is 0.442. The molecule has 0 spiro atoms. The van der Waals surface area contributed by atoms with Gasteiger partial charge in [-0.05, 0) is 54.4 Å². The molecule has 0 heterocycles. The van der Waals surface area contributed by atoms with Crippen molar-refractivity contribution >= 4 is 5.69 Å². The average Bonchev–Trinajstić information content (AvgIpc) is 2.19. The van der Waals surface area contributed by atoms with Crippen LogP contribution in [0.4, 0.5) is 5.69 Å². The van der Waals surface area contributed by atoms with Gasteiger partial charge in [0.05, 0.1) is 0 Å². The fourth-order valence-corrected chi connectivity index (χ4v) is 2.43. The summed E-state index contributed by atoms with van der Waals surface area (Å²) in [6, 6.07) is 2.30. The predicted molar refractivity (Wildman–Crippen MR) is 82.7 cm³/mol. The summed E-state index contributed by atoms with van der Waals surface area (Å²) in [5, 5.41) is 3.67. The largest absolute Gasteiger partial charge is 0.384 e. The molecule has 0 radical (unpaired) electrons. The molecule has 0 atom stereocenters. The van der Waals surface area contributed by atoms with Crippen LogP contribution in [0.1, 0.15) is 62.8 Å². The van der Waals surface area contributed by atoms with Crippen LogP contribution in [0.15, 0.2) is 6.07 Å². The highest BCUT2D eigenvalue weighted by Crippen LogP contribution is 2.33. The van der Waals surface area contributed by atoms with Gasteiger partial charge in [0.2, 0.25) is 0 Å². The molecular formula is C17H29N. The standard InChI is InChI=1S/C17H29N/c1-11(2)15-14(5)12(3)9-13(4)16(15)18-10-17(6,7)8/h9,11,18H,10H2,1-8H3. The molecule has 0 aliphatic rings. The van der Waals surface area contributed by atoms with Gasteiger partial charge in [-0.2, -0.15) is 0 Å². The minimum Gasteiger partial charge on any atom is -0.384 e. The first kappa shape index (κ1) is 15.1. The first-order valence-corrected chi connectivity index (χ1v) is 6.98. The Morgan fingerprint density at radius 3 is 2.06 bits per heavy atom. The summed E-state index contributed by atoms with van der Waals surface area (Å²) >= 11 is 0. The number of rotatable bonds is 3. The normalized spacial score (nSPS) is 12.1. The third-order valence-corrected chi connectivity index (χ3v) is 3.47. The lowest BCUT2D eigenvalue weighted by Gasteiger charge is -2.25. The third kappa shape index (κ3) is 3.51. The Kier molecular flexibility index (Phi) is 4.47. The van der Waals surface area contributed by atoms with Crippen molar-refractivity contribution in [1.82, 2.24) is 0 Å². The van der Waals surface area contributed by atoms with Crippen LogP contribution < -0.4 is 5.32 Å². The van der Waals surface area contributed by atoms with Gasteiger partial charge in [-0.25, -0.2) is 0 Å². The molecule has 18 heavy (non-hydrogen) atoms. The highest BCUT2D eigenvalue weighted by molar-refractivity contribution is 5.63. The number of nitrogens with one attached hydrogen (secondary N) is 1. The van der Waals surface area contributed by atoms with E-state index in [4.69, 9.17) is 0 Å². The summed E-state index contributed by atoms with van der Waals surface area (Å²) in [6.07, 6.45) is 0. The quantitative estimate of drug-likeness (QED) is 0.774. The number of hydrogen-bond acceptors (Lipinski definition) is 1. The zero-order valence-electron chi connectivity index (χ0n) is 13.4. The number of hydrogen-bond donors (Lipinski definition) is 1. The van der Waals surface area contributed by atoms with Gasteiger partial charge in [0.1, 0.15) is 0 Å². The maximum Gasteiger partial charge on any atom is 0.0408 e. The molecule has 0 aromatic heterocycles. The molecule has 0 aliphatic heterocycles. The maximum absolute atomic E-state index is 3.67. The van der Waals surface area contributed by atoms with Crippen LogP contribution in [0.25, 0.3) is 0 Å². The van der Waals surface area contributed by atoms with Crippen LogP contribution in [-0.4, -0.2) is 6.54 Å². The molecular weight excluding hydrogens is 218 g/mol. The van der Waals surface area contributed by atoms with Crippen molar-refractivity contribution in [2.75, 3.05) is 11.9 Å². The maximum atomic E-state index is 3.67. The molecule has 1 N–H and O–H groups in total. The Morgan fingerprint density at radius 1 is 1.06 bits per heavy atom. The van der Waals surface area contributed by atoms with Gasteiger partial charge in [-0.15, -0.1) is 0 Å². The van der Waals surface area contributed by atoms with Gasteiger partial charge in [0, 0.05) is 12.2 Å². The Balaban J connectivity index is 3.21. The van der Waals surface area contributed by atoms with E-state index >= 15 is 0 Å². The van der Waals surface area contributed by atoms with E-state index in [9.17, 15) is 0 Å². The van der Waals surface area contributed by atoms with Gasteiger partial charge < -0.3 is 5.32 Å². The Labute approximate surface area is 113 Å². The zero-order valence-corrected chi connectivity index (χ0v) is 13.4. The van der Waals surface area contributed by atoms with E-state index in [1.165, 1.54) is 27.9 Å². The second-order valence-corrected chi connectivity index (χ2v) is 6.99. The molecule has 1 nitrogen and oxygen atoms in total. The van der Waals surface area contributed by atoms with E-state index in [0.29, 0.717) is 11.3 Å². The molecule has 0 unspecified atom stereocenters. The highest BCUT2D eigenvalue weighted by Gasteiger charge is 2.16. The molecule has 0 amide bonds. The molecule has 0 bridgehead atoms. The van der Waals surface area contributed by atoms with Crippen molar-refractivity contribution in [3.63, 3.8) is 0 Å². The van der Waals surface area contributed by atoms with E-state index < -0.39 is 0 Å². The molecule has 0 fully saturated rings. The van der Waals surface area contributed by atoms with Gasteiger partial charge in [0.25, 0.3) is 0 Å². The first-order valence-electron chi connectivity index (χ1n) is 6.98. The van der Waals surface area contributed by atoms with Crippen molar-refractivity contribution in [3.8, 4) is 0 Å². The molecule has 102 valence electrons. The molecule has 1 aromatic rings. The van der Waals surface area contributed by atoms with E-state index in [0.717, 1.165) is 6.54 Å². The minimum atomic E-state index is 0.305. The van der Waals surface area contributed by atoms with Crippen LogP contribution in [0.5, 0.6) is 0 Å². The molecule has 0 saturated carbocycles. The SMILES string of the molecule is Cc1cc(C)c(NCC(C)(C)C)c(C(C)C)c1C. The van der Waals surface area contributed by atoms with Crippen molar-refractivity contribution in [1.29, 1.82) is 0 Å². The molecule has 1 aromatic carbocycles. The van der Waals surface area contributed by atoms with Crippen molar-refractivity contribution in [3.05, 3.63) is 28.3 Å². The van der Waals surface area contributed by atoms with Crippen LogP contribution in [0, 0.1) is 26.2 Å². The van der Waals surface area contributed by atoms with Gasteiger partial charge in [-0.3, -0.25) is 0 Å². The lowest BCUT2D eigenvalue weighted by Crippen LogP contribution is -2.21. The minimum absolute atomic E-state index is 0.305. The van der Waals surface area contributed by atoms with Crippen LogP contribution in [0.2, 0.25) is 0 Å². The summed E-state index contributed by atoms with van der Waals surface area (Å²) in [7, 11) is 0.